The monoisotopic (exact) mass is 473 g/mol. The van der Waals surface area contributed by atoms with Crippen molar-refractivity contribution in [1.82, 2.24) is 10.6 Å². The SMILES string of the molecule is CCNC(=NCCc1cccc(O)c1)NC(C)c1ccccc1Cl.I. The molecule has 1 atom stereocenters. The minimum Gasteiger partial charge on any atom is -0.508 e. The van der Waals surface area contributed by atoms with E-state index in [0.717, 1.165) is 35.1 Å². The number of aliphatic imine (C=N–C) groups is 1. The maximum Gasteiger partial charge on any atom is 0.191 e. The normalized spacial score (nSPS) is 12.2. The number of hydrogen-bond donors (Lipinski definition) is 3. The van der Waals surface area contributed by atoms with Crippen molar-refractivity contribution in [3.8, 4) is 5.75 Å². The zero-order valence-electron chi connectivity index (χ0n) is 14.5. The van der Waals surface area contributed by atoms with E-state index >= 15 is 0 Å². The summed E-state index contributed by atoms with van der Waals surface area (Å²) in [5.74, 6) is 1.04. The Hall–Kier alpha value is -1.47. The predicted molar refractivity (Wildman–Crippen MR) is 116 cm³/mol. The van der Waals surface area contributed by atoms with Crippen molar-refractivity contribution in [2.45, 2.75) is 26.3 Å². The first-order valence-electron chi connectivity index (χ1n) is 8.17. The second-order valence-electron chi connectivity index (χ2n) is 5.57. The van der Waals surface area contributed by atoms with Crippen molar-refractivity contribution in [2.75, 3.05) is 13.1 Å². The van der Waals surface area contributed by atoms with Gasteiger partial charge in [-0.05, 0) is 49.6 Å². The second-order valence-corrected chi connectivity index (χ2v) is 5.98. The van der Waals surface area contributed by atoms with Crippen LogP contribution in [0, 0.1) is 0 Å². The van der Waals surface area contributed by atoms with Gasteiger partial charge in [0.05, 0.1) is 6.04 Å². The second kappa shape index (κ2) is 11.2. The molecule has 0 aliphatic carbocycles. The van der Waals surface area contributed by atoms with E-state index in [2.05, 4.69) is 22.5 Å². The average Bonchev–Trinajstić information content (AvgIpc) is 2.55. The first-order valence-corrected chi connectivity index (χ1v) is 8.55. The van der Waals surface area contributed by atoms with Gasteiger partial charge in [-0.1, -0.05) is 41.9 Å². The number of rotatable bonds is 6. The van der Waals surface area contributed by atoms with Gasteiger partial charge < -0.3 is 15.7 Å². The Bertz CT molecular complexity index is 694. The van der Waals surface area contributed by atoms with Gasteiger partial charge in [-0.3, -0.25) is 4.99 Å². The lowest BCUT2D eigenvalue weighted by Gasteiger charge is -2.19. The molecule has 0 amide bonds. The average molecular weight is 474 g/mol. The van der Waals surface area contributed by atoms with Crippen LogP contribution in [0.2, 0.25) is 5.02 Å². The summed E-state index contributed by atoms with van der Waals surface area (Å²) >= 11 is 6.25. The van der Waals surface area contributed by atoms with Crippen LogP contribution in [-0.4, -0.2) is 24.2 Å². The summed E-state index contributed by atoms with van der Waals surface area (Å²) in [7, 11) is 0. The summed E-state index contributed by atoms with van der Waals surface area (Å²) in [6, 6.07) is 15.1. The fourth-order valence-electron chi connectivity index (χ4n) is 2.44. The number of aromatic hydroxyl groups is 1. The van der Waals surface area contributed by atoms with Crippen LogP contribution in [0.25, 0.3) is 0 Å². The van der Waals surface area contributed by atoms with Crippen LogP contribution in [0.1, 0.15) is 31.0 Å². The van der Waals surface area contributed by atoms with Crippen molar-refractivity contribution < 1.29 is 5.11 Å². The summed E-state index contributed by atoms with van der Waals surface area (Å²) < 4.78 is 0. The highest BCUT2D eigenvalue weighted by molar-refractivity contribution is 14.0. The maximum atomic E-state index is 9.50. The largest absolute Gasteiger partial charge is 0.508 e. The molecular weight excluding hydrogens is 449 g/mol. The molecule has 1 unspecified atom stereocenters. The van der Waals surface area contributed by atoms with Crippen LogP contribution in [-0.2, 0) is 6.42 Å². The van der Waals surface area contributed by atoms with Gasteiger partial charge in [0.1, 0.15) is 5.75 Å². The summed E-state index contributed by atoms with van der Waals surface area (Å²) in [6.45, 7) is 5.51. The molecule has 0 spiro atoms. The number of nitrogens with zero attached hydrogens (tertiary/aromatic N) is 1. The molecular formula is C19H25ClIN3O. The van der Waals surface area contributed by atoms with Gasteiger partial charge >= 0.3 is 0 Å². The lowest BCUT2D eigenvalue weighted by molar-refractivity contribution is 0.474. The molecule has 0 heterocycles. The molecule has 0 saturated heterocycles. The standard InChI is InChI=1S/C19H24ClN3O.HI/c1-3-21-19(22-12-11-15-7-6-8-16(24)13-15)23-14(2)17-9-4-5-10-18(17)20;/h4-10,13-14,24H,3,11-12H2,1-2H3,(H2,21,22,23);1H. The molecule has 0 radical (unpaired) electrons. The highest BCUT2D eigenvalue weighted by atomic mass is 127. The fraction of sp³-hybridized carbons (Fsp3) is 0.316. The summed E-state index contributed by atoms with van der Waals surface area (Å²) in [4.78, 5) is 4.60. The van der Waals surface area contributed by atoms with Crippen LogP contribution in [0.15, 0.2) is 53.5 Å². The number of guanidine groups is 1. The summed E-state index contributed by atoms with van der Waals surface area (Å²) in [5.41, 5.74) is 2.10. The van der Waals surface area contributed by atoms with E-state index < -0.39 is 0 Å². The molecule has 136 valence electrons. The minimum absolute atomic E-state index is 0. The molecule has 3 N–H and O–H groups in total. The molecule has 4 nitrogen and oxygen atoms in total. The van der Waals surface area contributed by atoms with E-state index in [1.807, 2.05) is 43.3 Å². The number of benzene rings is 2. The smallest absolute Gasteiger partial charge is 0.191 e. The highest BCUT2D eigenvalue weighted by Gasteiger charge is 2.10. The van der Waals surface area contributed by atoms with Crippen molar-refractivity contribution in [1.29, 1.82) is 0 Å². The summed E-state index contributed by atoms with van der Waals surface area (Å²) in [6.07, 6.45) is 0.769. The van der Waals surface area contributed by atoms with Crippen LogP contribution in [0.5, 0.6) is 5.75 Å². The van der Waals surface area contributed by atoms with E-state index in [1.54, 1.807) is 12.1 Å². The highest BCUT2D eigenvalue weighted by Crippen LogP contribution is 2.21. The minimum atomic E-state index is 0. The Kier molecular flexibility index (Phi) is 9.67. The zero-order valence-corrected chi connectivity index (χ0v) is 17.6. The third kappa shape index (κ3) is 7.12. The molecule has 0 bridgehead atoms. The number of phenols is 1. The fourth-order valence-corrected chi connectivity index (χ4v) is 2.74. The van der Waals surface area contributed by atoms with Crippen LogP contribution in [0.4, 0.5) is 0 Å². The van der Waals surface area contributed by atoms with Crippen molar-refractivity contribution in [3.63, 3.8) is 0 Å². The lowest BCUT2D eigenvalue weighted by atomic mass is 10.1. The van der Waals surface area contributed by atoms with E-state index in [1.165, 1.54) is 0 Å². The van der Waals surface area contributed by atoms with Gasteiger partial charge in [-0.2, -0.15) is 0 Å². The Balaban J connectivity index is 0.00000312. The molecule has 25 heavy (non-hydrogen) atoms. The Morgan fingerprint density at radius 2 is 1.96 bits per heavy atom. The molecule has 2 rings (SSSR count). The maximum absolute atomic E-state index is 9.50. The Morgan fingerprint density at radius 1 is 1.20 bits per heavy atom. The van der Waals surface area contributed by atoms with Gasteiger partial charge in [0.15, 0.2) is 5.96 Å². The van der Waals surface area contributed by atoms with Gasteiger partial charge in [0, 0.05) is 18.1 Å². The van der Waals surface area contributed by atoms with Crippen molar-refractivity contribution >= 4 is 41.5 Å². The topological polar surface area (TPSA) is 56.7 Å². The van der Waals surface area contributed by atoms with Crippen LogP contribution in [0.3, 0.4) is 0 Å². The van der Waals surface area contributed by atoms with Gasteiger partial charge in [-0.15, -0.1) is 24.0 Å². The Morgan fingerprint density at radius 3 is 2.64 bits per heavy atom. The van der Waals surface area contributed by atoms with E-state index in [-0.39, 0.29) is 35.8 Å². The first kappa shape index (κ1) is 21.6. The number of hydrogen-bond acceptors (Lipinski definition) is 2. The van der Waals surface area contributed by atoms with E-state index in [9.17, 15) is 5.11 Å². The van der Waals surface area contributed by atoms with Crippen LogP contribution >= 0.6 is 35.6 Å². The molecule has 6 heteroatoms. The Labute approximate surface area is 171 Å². The third-order valence-electron chi connectivity index (χ3n) is 3.65. The van der Waals surface area contributed by atoms with Crippen molar-refractivity contribution in [2.24, 2.45) is 4.99 Å². The molecule has 0 aliphatic heterocycles. The predicted octanol–water partition coefficient (Wildman–Crippen LogP) is 4.52. The molecule has 0 saturated carbocycles. The third-order valence-corrected chi connectivity index (χ3v) is 3.99. The van der Waals surface area contributed by atoms with Gasteiger partial charge in [0.2, 0.25) is 0 Å². The number of phenolic OH excluding ortho intramolecular Hbond substituents is 1. The van der Waals surface area contributed by atoms with Crippen molar-refractivity contribution in [3.05, 3.63) is 64.7 Å². The molecule has 2 aromatic rings. The molecule has 0 aliphatic rings. The van der Waals surface area contributed by atoms with Gasteiger partial charge in [-0.25, -0.2) is 0 Å². The molecule has 2 aromatic carbocycles. The number of nitrogens with one attached hydrogen (secondary N) is 2. The van der Waals surface area contributed by atoms with E-state index in [4.69, 9.17) is 11.6 Å². The number of halogens is 2. The first-order chi connectivity index (χ1) is 11.6. The summed E-state index contributed by atoms with van der Waals surface area (Å²) in [5, 5.41) is 16.9. The quantitative estimate of drug-likeness (QED) is 0.328. The molecule has 0 aromatic heterocycles. The van der Waals surface area contributed by atoms with Gasteiger partial charge in [0.25, 0.3) is 0 Å². The molecule has 0 fully saturated rings. The van der Waals surface area contributed by atoms with E-state index in [0.29, 0.717) is 6.54 Å². The van der Waals surface area contributed by atoms with Crippen LogP contribution < -0.4 is 10.6 Å². The lowest BCUT2D eigenvalue weighted by Crippen LogP contribution is -2.39. The zero-order chi connectivity index (χ0) is 17.4.